The van der Waals surface area contributed by atoms with E-state index in [9.17, 15) is 9.59 Å². The summed E-state index contributed by atoms with van der Waals surface area (Å²) in [4.78, 5) is 20.4. The Kier molecular flexibility index (Phi) is 53.3. The number of halogens is 1. The van der Waals surface area contributed by atoms with E-state index in [1.165, 1.54) is 19.3 Å². The van der Waals surface area contributed by atoms with Crippen LogP contribution in [0.3, 0.4) is 0 Å². The summed E-state index contributed by atoms with van der Waals surface area (Å²) in [5.41, 5.74) is 0. The number of hydrogen-bond acceptors (Lipinski definition) is 4. The lowest BCUT2D eigenvalue weighted by Gasteiger charge is -2.08. The van der Waals surface area contributed by atoms with Gasteiger partial charge in [0.2, 0.25) is 0 Å². The van der Waals surface area contributed by atoms with E-state index in [-0.39, 0.29) is 10.1 Å². The van der Waals surface area contributed by atoms with E-state index in [1.807, 2.05) is 13.8 Å². The Hall–Kier alpha value is -2.48. The number of hydrogen-bond donors (Lipinski definition) is 3. The third-order valence-corrected chi connectivity index (χ3v) is 10.3. The summed E-state index contributed by atoms with van der Waals surface area (Å²) in [5.74, 6) is 0.475. The minimum atomic E-state index is -0.789. The maximum absolute atomic E-state index is 10.9. The van der Waals surface area contributed by atoms with Crippen molar-refractivity contribution in [2.75, 3.05) is 11.5 Å². The van der Waals surface area contributed by atoms with Gasteiger partial charge in [-0.2, -0.15) is 12.6 Å². The summed E-state index contributed by atoms with van der Waals surface area (Å²) in [6, 6.07) is 0. The Balaban J connectivity index is -0.000000854. The highest BCUT2D eigenvalue weighted by Gasteiger charge is 2.14. The van der Waals surface area contributed by atoms with Gasteiger partial charge in [0.1, 0.15) is 10.1 Å². The first-order valence-corrected chi connectivity index (χ1v) is 23.2. The maximum atomic E-state index is 10.9. The summed E-state index contributed by atoms with van der Waals surface area (Å²) in [7, 11) is 0. The van der Waals surface area contributed by atoms with Crippen LogP contribution in [-0.2, 0) is 9.59 Å². The van der Waals surface area contributed by atoms with Gasteiger partial charge in [0.25, 0.3) is 0 Å². The topological polar surface area (TPSA) is 74.6 Å². The predicted molar refractivity (Wildman–Crippen MR) is 255 cm³/mol. The van der Waals surface area contributed by atoms with E-state index >= 15 is 0 Å². The molecule has 0 spiro atoms. The molecule has 0 heterocycles. The Labute approximate surface area is 356 Å². The third kappa shape index (κ3) is 53.7. The van der Waals surface area contributed by atoms with Crippen LogP contribution >= 0.6 is 40.3 Å². The number of carboxylic acid groups (broad SMARTS) is 2. The number of aliphatic carboxylic acids is 2. The molecule has 0 aliphatic heterocycles. The van der Waals surface area contributed by atoms with E-state index in [1.54, 1.807) is 11.8 Å². The average Bonchev–Trinajstić information content (AvgIpc) is 3.18. The van der Waals surface area contributed by atoms with Crippen molar-refractivity contribution in [3.8, 4) is 0 Å². The Morgan fingerprint density at radius 1 is 0.491 bits per heavy atom. The minimum Gasteiger partial charge on any atom is -0.480 e. The normalized spacial score (nSPS) is 13.5. The van der Waals surface area contributed by atoms with Crippen molar-refractivity contribution in [3.05, 3.63) is 122 Å². The van der Waals surface area contributed by atoms with Crippen molar-refractivity contribution in [2.45, 2.75) is 153 Å². The van der Waals surface area contributed by atoms with E-state index in [4.69, 9.17) is 10.2 Å². The van der Waals surface area contributed by atoms with E-state index < -0.39 is 11.9 Å². The van der Waals surface area contributed by atoms with Gasteiger partial charge in [0, 0.05) is 0 Å². The van der Waals surface area contributed by atoms with Crippen LogP contribution in [0, 0.1) is 0 Å². The van der Waals surface area contributed by atoms with Gasteiger partial charge in [-0.1, -0.05) is 165 Å². The fourth-order valence-electron chi connectivity index (χ4n) is 4.24. The molecule has 0 aliphatic rings. The van der Waals surface area contributed by atoms with Crippen molar-refractivity contribution in [2.24, 2.45) is 0 Å². The standard InChI is InChI=1S/C24H38O2S.C20H32S.C4H7BrO2/c1-3-5-6-7-8-9-10-11-12-13-14-15-16-17-18-19-20-21-22-27-23(4-2)24(25)26;1-2-3-4-5-6-7-8-9-10-11-12-13-14-15-16-17-18-19-20-21;1-2-3(5)4(6)7/h5-6,8-9,11-12,14-15,17-18,23H,3-4,7,10,13,16,19-22H2,1-2H3,(H,25,26);3-4,6-7,9-10,12-13,15-16,21H,2,5,8,11,14,17-20H2,1H3;3H,2H2,1H3,(H,6,7)/b6-5-,9-8-,12-11-,15-14-,18-17-;4-3-,7-6-,10-9-,13-12-,16-15-;. The third-order valence-electron chi connectivity index (χ3n) is 7.45. The molecule has 0 fully saturated rings. The maximum Gasteiger partial charge on any atom is 0.317 e. The first kappa shape index (κ1) is 56.8. The number of carbonyl (C=O) groups is 2. The smallest absolute Gasteiger partial charge is 0.317 e. The molecule has 0 radical (unpaired) electrons. The molecule has 0 saturated carbocycles. The Morgan fingerprint density at radius 2 is 0.818 bits per heavy atom. The van der Waals surface area contributed by atoms with E-state index in [0.29, 0.717) is 12.8 Å². The van der Waals surface area contributed by atoms with Crippen molar-refractivity contribution < 1.29 is 19.8 Å². The van der Waals surface area contributed by atoms with Crippen molar-refractivity contribution >= 4 is 52.3 Å². The van der Waals surface area contributed by atoms with Crippen molar-refractivity contribution in [1.29, 1.82) is 0 Å². The molecule has 0 aliphatic carbocycles. The second kappa shape index (κ2) is 51.5. The zero-order chi connectivity index (χ0) is 41.3. The number of allylic oxidation sites excluding steroid dienone is 20. The number of alkyl halides is 1. The molecular formula is C48H77BrO4S2. The van der Waals surface area contributed by atoms with Gasteiger partial charge in [0.05, 0.1) is 0 Å². The fraction of sp³-hybridized carbons (Fsp3) is 0.542. The van der Waals surface area contributed by atoms with Crippen LogP contribution in [0.1, 0.15) is 143 Å². The van der Waals surface area contributed by atoms with E-state index in [2.05, 4.69) is 164 Å². The molecule has 0 rings (SSSR count). The Morgan fingerprint density at radius 3 is 1.07 bits per heavy atom. The second-order valence-electron chi connectivity index (χ2n) is 12.5. The van der Waals surface area contributed by atoms with Gasteiger partial charge in [-0.3, -0.25) is 9.59 Å². The number of carboxylic acids is 2. The number of unbranched alkanes of at least 4 members (excludes halogenated alkanes) is 4. The van der Waals surface area contributed by atoms with Gasteiger partial charge in [-0.05, 0) is 127 Å². The molecule has 7 heteroatoms. The first-order chi connectivity index (χ1) is 26.8. The lowest BCUT2D eigenvalue weighted by molar-refractivity contribution is -0.137. The zero-order valence-corrected chi connectivity index (χ0v) is 38.1. The molecule has 0 amide bonds. The summed E-state index contributed by atoms with van der Waals surface area (Å²) < 4.78 is 0. The number of thiol groups is 1. The number of rotatable bonds is 32. The minimum absolute atomic E-state index is 0.237. The van der Waals surface area contributed by atoms with Crippen molar-refractivity contribution in [3.63, 3.8) is 0 Å². The van der Waals surface area contributed by atoms with Gasteiger partial charge in [-0.15, -0.1) is 11.8 Å². The monoisotopic (exact) mass is 860 g/mol. The first-order valence-electron chi connectivity index (χ1n) is 20.6. The molecule has 4 nitrogen and oxygen atoms in total. The quantitative estimate of drug-likeness (QED) is 0.0272. The van der Waals surface area contributed by atoms with Crippen LogP contribution in [0.15, 0.2) is 122 Å². The molecule has 312 valence electrons. The van der Waals surface area contributed by atoms with Crippen LogP contribution in [0.5, 0.6) is 0 Å². The molecular weight excluding hydrogens is 785 g/mol. The average molecular weight is 862 g/mol. The molecule has 55 heavy (non-hydrogen) atoms. The van der Waals surface area contributed by atoms with Crippen LogP contribution in [0.4, 0.5) is 0 Å². The zero-order valence-electron chi connectivity index (χ0n) is 34.8. The lowest BCUT2D eigenvalue weighted by Crippen LogP contribution is -2.15. The number of thioether (sulfide) groups is 1. The highest BCUT2D eigenvalue weighted by atomic mass is 79.9. The molecule has 0 aromatic carbocycles. The summed E-state index contributed by atoms with van der Waals surface area (Å²) in [6.07, 6.45) is 63.3. The summed E-state index contributed by atoms with van der Waals surface area (Å²) in [5, 5.41) is 16.9. The highest BCUT2D eigenvalue weighted by molar-refractivity contribution is 9.10. The van der Waals surface area contributed by atoms with E-state index in [0.717, 1.165) is 95.0 Å². The van der Waals surface area contributed by atoms with Gasteiger partial charge in [-0.25, -0.2) is 0 Å². The molecule has 0 aromatic heterocycles. The van der Waals surface area contributed by atoms with Crippen LogP contribution in [0.2, 0.25) is 0 Å². The highest BCUT2D eigenvalue weighted by Crippen LogP contribution is 2.17. The van der Waals surface area contributed by atoms with Gasteiger partial charge < -0.3 is 10.2 Å². The molecule has 0 aromatic rings. The molecule has 2 N–H and O–H groups in total. The second-order valence-corrected chi connectivity index (χ2v) is 15.3. The molecule has 2 unspecified atom stereocenters. The summed E-state index contributed by atoms with van der Waals surface area (Å²) >= 11 is 8.71. The molecule has 0 saturated heterocycles. The fourth-order valence-corrected chi connectivity index (χ4v) is 5.50. The van der Waals surface area contributed by atoms with Crippen LogP contribution < -0.4 is 0 Å². The molecule has 2 atom stereocenters. The SMILES string of the molecule is CC/C=C\C/C=C\C/C=C\C/C=C\C/C=C\CCCCS.CC/C=C\C/C=C\C/C=C\C/C=C\C/C=C\CCCCSC(CC)C(=O)O.CCC(Br)C(=O)O. The largest absolute Gasteiger partial charge is 0.480 e. The van der Waals surface area contributed by atoms with Crippen molar-refractivity contribution in [1.82, 2.24) is 0 Å². The van der Waals surface area contributed by atoms with Gasteiger partial charge >= 0.3 is 11.9 Å². The Bertz CT molecular complexity index is 1140. The lowest BCUT2D eigenvalue weighted by atomic mass is 10.2. The van der Waals surface area contributed by atoms with Crippen LogP contribution in [0.25, 0.3) is 0 Å². The summed E-state index contributed by atoms with van der Waals surface area (Å²) in [6.45, 7) is 8.06. The molecule has 0 bridgehead atoms. The van der Waals surface area contributed by atoms with Gasteiger partial charge in [0.15, 0.2) is 0 Å². The van der Waals surface area contributed by atoms with Crippen LogP contribution in [-0.4, -0.2) is 43.7 Å². The predicted octanol–water partition coefficient (Wildman–Crippen LogP) is 15.6.